The van der Waals surface area contributed by atoms with Crippen LogP contribution in [0.1, 0.15) is 21.5 Å². The van der Waals surface area contributed by atoms with Crippen LogP contribution in [0.5, 0.6) is 0 Å². The standard InChI is InChI=1S/C20H16Cl2N2O4S/c21-18-8-7-17(10-19(18)22)29(27,28)24(13-15-2-1-9-23-11-15)12-14-3-5-16(6-4-14)20(25)26/h1-11H,12-13H2,(H,25,26). The molecule has 0 spiro atoms. The van der Waals surface area contributed by atoms with E-state index in [1.54, 1.807) is 36.7 Å². The van der Waals surface area contributed by atoms with Crippen LogP contribution < -0.4 is 0 Å². The summed E-state index contributed by atoms with van der Waals surface area (Å²) in [6.07, 6.45) is 3.19. The first-order valence-electron chi connectivity index (χ1n) is 8.44. The van der Waals surface area contributed by atoms with Crippen molar-refractivity contribution in [2.45, 2.75) is 18.0 Å². The summed E-state index contributed by atoms with van der Waals surface area (Å²) in [5, 5.41) is 9.44. The third-order valence-corrected chi connectivity index (χ3v) is 6.70. The maximum atomic E-state index is 13.3. The molecule has 6 nitrogen and oxygen atoms in total. The van der Waals surface area contributed by atoms with Gasteiger partial charge in [0, 0.05) is 25.5 Å². The first kappa shape index (κ1) is 21.3. The highest BCUT2D eigenvalue weighted by molar-refractivity contribution is 7.89. The molecule has 0 aliphatic carbocycles. The van der Waals surface area contributed by atoms with Crippen molar-refractivity contribution < 1.29 is 18.3 Å². The summed E-state index contributed by atoms with van der Waals surface area (Å²) in [5.41, 5.74) is 1.47. The lowest BCUT2D eigenvalue weighted by molar-refractivity contribution is 0.0697. The predicted octanol–water partition coefficient (Wildman–Crippen LogP) is 4.48. The van der Waals surface area contributed by atoms with Gasteiger partial charge in [-0.3, -0.25) is 4.98 Å². The molecule has 3 aromatic rings. The number of benzene rings is 2. The number of aromatic carboxylic acids is 1. The Morgan fingerprint density at radius 2 is 1.66 bits per heavy atom. The minimum absolute atomic E-state index is 0.0120. The molecule has 29 heavy (non-hydrogen) atoms. The normalized spacial score (nSPS) is 11.6. The van der Waals surface area contributed by atoms with Gasteiger partial charge in [-0.05, 0) is 47.5 Å². The topological polar surface area (TPSA) is 87.6 Å². The molecule has 0 aliphatic heterocycles. The summed E-state index contributed by atoms with van der Waals surface area (Å²) in [5.74, 6) is -1.05. The summed E-state index contributed by atoms with van der Waals surface area (Å²) >= 11 is 11.9. The number of carboxylic acids is 1. The van der Waals surface area contributed by atoms with Crippen LogP contribution in [-0.4, -0.2) is 28.8 Å². The van der Waals surface area contributed by atoms with E-state index in [2.05, 4.69) is 4.98 Å². The highest BCUT2D eigenvalue weighted by Crippen LogP contribution is 2.28. The average Bonchev–Trinajstić information content (AvgIpc) is 2.70. The lowest BCUT2D eigenvalue weighted by atomic mass is 10.1. The van der Waals surface area contributed by atoms with Gasteiger partial charge in [0.15, 0.2) is 0 Å². The zero-order valence-electron chi connectivity index (χ0n) is 15.0. The summed E-state index contributed by atoms with van der Waals surface area (Å²) in [7, 11) is -3.92. The number of nitrogens with zero attached hydrogens (tertiary/aromatic N) is 2. The fraction of sp³-hybridized carbons (Fsp3) is 0.100. The van der Waals surface area contributed by atoms with Crippen molar-refractivity contribution in [1.29, 1.82) is 0 Å². The first-order valence-corrected chi connectivity index (χ1v) is 10.6. The molecule has 3 rings (SSSR count). The van der Waals surface area contributed by atoms with Gasteiger partial charge in [-0.25, -0.2) is 13.2 Å². The van der Waals surface area contributed by atoms with E-state index < -0.39 is 16.0 Å². The molecule has 0 saturated heterocycles. The molecule has 0 amide bonds. The van der Waals surface area contributed by atoms with Crippen molar-refractivity contribution in [2.75, 3.05) is 0 Å². The van der Waals surface area contributed by atoms with Crippen molar-refractivity contribution in [3.05, 3.63) is 93.7 Å². The van der Waals surface area contributed by atoms with Crippen molar-refractivity contribution >= 4 is 39.2 Å². The molecule has 0 saturated carbocycles. The smallest absolute Gasteiger partial charge is 0.335 e. The Morgan fingerprint density at radius 3 is 2.24 bits per heavy atom. The SMILES string of the molecule is O=C(O)c1ccc(CN(Cc2cccnc2)S(=O)(=O)c2ccc(Cl)c(Cl)c2)cc1. The summed E-state index contributed by atoms with van der Waals surface area (Å²) in [6, 6.07) is 13.7. The number of halogens is 2. The number of sulfonamides is 1. The van der Waals surface area contributed by atoms with Gasteiger partial charge in [-0.1, -0.05) is 41.4 Å². The van der Waals surface area contributed by atoms with Crippen LogP contribution in [0.4, 0.5) is 0 Å². The number of hydrogen-bond donors (Lipinski definition) is 1. The highest BCUT2D eigenvalue weighted by Gasteiger charge is 2.26. The van der Waals surface area contributed by atoms with E-state index in [1.807, 2.05) is 0 Å². The van der Waals surface area contributed by atoms with Crippen LogP contribution >= 0.6 is 23.2 Å². The molecule has 0 aliphatic rings. The van der Waals surface area contributed by atoms with E-state index in [0.29, 0.717) is 11.1 Å². The fourth-order valence-corrected chi connectivity index (χ4v) is 4.47. The van der Waals surface area contributed by atoms with Gasteiger partial charge in [0.2, 0.25) is 10.0 Å². The number of hydrogen-bond acceptors (Lipinski definition) is 4. The zero-order chi connectivity index (χ0) is 21.0. The monoisotopic (exact) mass is 450 g/mol. The Hall–Kier alpha value is -2.45. The molecule has 0 bridgehead atoms. The Bertz CT molecular complexity index is 1120. The molecule has 0 radical (unpaired) electrons. The molecule has 0 unspecified atom stereocenters. The Balaban J connectivity index is 1.97. The molecule has 0 atom stereocenters. The maximum Gasteiger partial charge on any atom is 0.335 e. The van der Waals surface area contributed by atoms with Crippen LogP contribution in [0.3, 0.4) is 0 Å². The van der Waals surface area contributed by atoms with E-state index in [1.165, 1.54) is 34.6 Å². The van der Waals surface area contributed by atoms with E-state index in [9.17, 15) is 13.2 Å². The Morgan fingerprint density at radius 1 is 0.966 bits per heavy atom. The van der Waals surface area contributed by atoms with E-state index in [0.717, 1.165) is 0 Å². The van der Waals surface area contributed by atoms with Crippen molar-refractivity contribution in [2.24, 2.45) is 0 Å². The Kier molecular flexibility index (Phi) is 6.54. The van der Waals surface area contributed by atoms with Gasteiger partial charge in [0.1, 0.15) is 0 Å². The van der Waals surface area contributed by atoms with Gasteiger partial charge in [0.25, 0.3) is 0 Å². The molecule has 150 valence electrons. The number of carbonyl (C=O) groups is 1. The summed E-state index contributed by atoms with van der Waals surface area (Å²) < 4.78 is 27.9. The quantitative estimate of drug-likeness (QED) is 0.573. The second-order valence-corrected chi connectivity index (χ2v) is 8.96. The van der Waals surface area contributed by atoms with E-state index in [-0.39, 0.29) is 33.6 Å². The second-order valence-electron chi connectivity index (χ2n) is 6.21. The van der Waals surface area contributed by atoms with Crippen LogP contribution in [0.2, 0.25) is 10.0 Å². The van der Waals surface area contributed by atoms with Crippen LogP contribution in [0.15, 0.2) is 71.9 Å². The summed E-state index contributed by atoms with van der Waals surface area (Å²) in [4.78, 5) is 15.1. The number of carboxylic acid groups (broad SMARTS) is 1. The van der Waals surface area contributed by atoms with Gasteiger partial charge >= 0.3 is 5.97 Å². The Labute approximate surface area is 178 Å². The van der Waals surface area contributed by atoms with Crippen molar-refractivity contribution in [3.63, 3.8) is 0 Å². The van der Waals surface area contributed by atoms with Crippen LogP contribution in [0.25, 0.3) is 0 Å². The molecule has 0 fully saturated rings. The number of aromatic nitrogens is 1. The van der Waals surface area contributed by atoms with Crippen molar-refractivity contribution in [1.82, 2.24) is 9.29 Å². The van der Waals surface area contributed by atoms with Crippen LogP contribution in [0, 0.1) is 0 Å². The third-order valence-electron chi connectivity index (χ3n) is 4.17. The number of rotatable bonds is 7. The number of pyridine rings is 1. The fourth-order valence-electron chi connectivity index (χ4n) is 2.66. The molecule has 1 heterocycles. The van der Waals surface area contributed by atoms with Gasteiger partial charge in [-0.15, -0.1) is 0 Å². The maximum absolute atomic E-state index is 13.3. The van der Waals surface area contributed by atoms with Gasteiger partial charge < -0.3 is 5.11 Å². The van der Waals surface area contributed by atoms with Gasteiger partial charge in [-0.2, -0.15) is 4.31 Å². The second kappa shape index (κ2) is 8.92. The molecule has 1 N–H and O–H groups in total. The lowest BCUT2D eigenvalue weighted by Gasteiger charge is -2.23. The van der Waals surface area contributed by atoms with E-state index >= 15 is 0 Å². The third kappa shape index (κ3) is 5.13. The van der Waals surface area contributed by atoms with Gasteiger partial charge in [0.05, 0.1) is 20.5 Å². The molecule has 2 aromatic carbocycles. The highest BCUT2D eigenvalue weighted by atomic mass is 35.5. The largest absolute Gasteiger partial charge is 0.478 e. The molecular formula is C20H16Cl2N2O4S. The molecule has 9 heteroatoms. The molecular weight excluding hydrogens is 435 g/mol. The summed E-state index contributed by atoms with van der Waals surface area (Å²) in [6.45, 7) is 0.120. The lowest BCUT2D eigenvalue weighted by Crippen LogP contribution is -2.30. The van der Waals surface area contributed by atoms with Crippen LogP contribution in [-0.2, 0) is 23.1 Å². The zero-order valence-corrected chi connectivity index (χ0v) is 17.3. The average molecular weight is 451 g/mol. The minimum Gasteiger partial charge on any atom is -0.478 e. The predicted molar refractivity (Wildman–Crippen MR) is 111 cm³/mol. The van der Waals surface area contributed by atoms with E-state index in [4.69, 9.17) is 28.3 Å². The van der Waals surface area contributed by atoms with Crippen molar-refractivity contribution in [3.8, 4) is 0 Å². The first-order chi connectivity index (χ1) is 13.8. The minimum atomic E-state index is -3.92. The molecule has 1 aromatic heterocycles.